The molecule has 1 heterocycles. The molecule has 1 aliphatic heterocycles. The predicted octanol–water partition coefficient (Wildman–Crippen LogP) is 0.324. The minimum atomic E-state index is -0.572. The summed E-state index contributed by atoms with van der Waals surface area (Å²) in [6.07, 6.45) is 4.90. The zero-order chi connectivity index (χ0) is 9.53. The maximum absolute atomic E-state index is 10.4. The van der Waals surface area contributed by atoms with Crippen molar-refractivity contribution < 1.29 is 5.11 Å². The smallest absolute Gasteiger partial charge is 0.0850 e. The Labute approximate surface area is 79.9 Å². The molecule has 0 aromatic heterocycles. The van der Waals surface area contributed by atoms with Gasteiger partial charge in [0.05, 0.1) is 5.60 Å². The quantitative estimate of drug-likeness (QED) is 0.617. The van der Waals surface area contributed by atoms with Crippen molar-refractivity contribution in [3.63, 3.8) is 0 Å². The summed E-state index contributed by atoms with van der Waals surface area (Å²) >= 11 is 0. The Hall–Kier alpha value is -0.120. The van der Waals surface area contributed by atoms with E-state index in [0.29, 0.717) is 0 Å². The molecule has 1 saturated heterocycles. The Balaban J connectivity index is 2.03. The van der Waals surface area contributed by atoms with Gasteiger partial charge in [-0.1, -0.05) is 0 Å². The summed E-state index contributed by atoms with van der Waals surface area (Å²) in [6, 6.07) is 0. The lowest BCUT2D eigenvalue weighted by molar-refractivity contribution is -0.104. The molecule has 1 saturated carbocycles. The minimum absolute atomic E-state index is 0.256. The Morgan fingerprint density at radius 2 is 1.69 bits per heavy atom. The molecule has 2 fully saturated rings. The zero-order valence-electron chi connectivity index (χ0n) is 8.42. The highest BCUT2D eigenvalue weighted by molar-refractivity contribution is 5.10. The SMILES string of the molecule is CN1CCC(O)(C2(N)CCC2)CC1. The number of piperidine rings is 1. The highest BCUT2D eigenvalue weighted by Crippen LogP contribution is 2.43. The van der Waals surface area contributed by atoms with E-state index in [1.54, 1.807) is 0 Å². The molecule has 0 radical (unpaired) electrons. The van der Waals surface area contributed by atoms with Crippen LogP contribution in [0.2, 0.25) is 0 Å². The number of hydrogen-bond donors (Lipinski definition) is 2. The fourth-order valence-corrected chi connectivity index (χ4v) is 2.51. The molecule has 0 atom stereocenters. The fraction of sp³-hybridized carbons (Fsp3) is 1.00. The highest BCUT2D eigenvalue weighted by Gasteiger charge is 2.51. The van der Waals surface area contributed by atoms with Crippen LogP contribution in [0.4, 0.5) is 0 Å². The molecule has 3 heteroatoms. The molecule has 13 heavy (non-hydrogen) atoms. The van der Waals surface area contributed by atoms with Crippen LogP contribution in [0.5, 0.6) is 0 Å². The van der Waals surface area contributed by atoms with Gasteiger partial charge in [0, 0.05) is 18.6 Å². The number of aliphatic hydroxyl groups is 1. The summed E-state index contributed by atoms with van der Waals surface area (Å²) < 4.78 is 0. The largest absolute Gasteiger partial charge is 0.388 e. The van der Waals surface area contributed by atoms with Crippen LogP contribution in [0, 0.1) is 0 Å². The first kappa shape index (κ1) is 9.44. The van der Waals surface area contributed by atoms with Crippen molar-refractivity contribution in [2.24, 2.45) is 5.73 Å². The van der Waals surface area contributed by atoms with Crippen molar-refractivity contribution in [2.75, 3.05) is 20.1 Å². The standard InChI is InChI=1S/C10H20N2O/c1-12-7-5-10(13,6-8-12)9(11)3-2-4-9/h13H,2-8,11H2,1H3. The summed E-state index contributed by atoms with van der Waals surface area (Å²) in [5.74, 6) is 0. The lowest BCUT2D eigenvalue weighted by atomic mass is 9.63. The van der Waals surface area contributed by atoms with Crippen LogP contribution in [0.25, 0.3) is 0 Å². The van der Waals surface area contributed by atoms with Gasteiger partial charge < -0.3 is 15.7 Å². The molecular formula is C10H20N2O. The lowest BCUT2D eigenvalue weighted by Crippen LogP contribution is -2.67. The van der Waals surface area contributed by atoms with Gasteiger partial charge in [0.1, 0.15) is 0 Å². The van der Waals surface area contributed by atoms with E-state index in [0.717, 1.165) is 38.8 Å². The van der Waals surface area contributed by atoms with E-state index in [4.69, 9.17) is 5.73 Å². The first-order valence-electron chi connectivity index (χ1n) is 5.26. The van der Waals surface area contributed by atoms with Crippen LogP contribution in [0.1, 0.15) is 32.1 Å². The molecule has 0 spiro atoms. The molecule has 1 aliphatic carbocycles. The summed E-state index contributed by atoms with van der Waals surface area (Å²) in [5.41, 5.74) is 5.36. The van der Waals surface area contributed by atoms with E-state index in [9.17, 15) is 5.11 Å². The number of nitrogens with two attached hydrogens (primary N) is 1. The molecule has 0 aromatic carbocycles. The Kier molecular flexibility index (Phi) is 2.13. The van der Waals surface area contributed by atoms with Gasteiger partial charge >= 0.3 is 0 Å². The van der Waals surface area contributed by atoms with Gasteiger partial charge in [-0.3, -0.25) is 0 Å². The van der Waals surface area contributed by atoms with E-state index in [1.807, 2.05) is 0 Å². The Morgan fingerprint density at radius 1 is 1.15 bits per heavy atom. The summed E-state index contributed by atoms with van der Waals surface area (Å²) in [6.45, 7) is 1.96. The van der Waals surface area contributed by atoms with Gasteiger partial charge in [0.2, 0.25) is 0 Å². The van der Waals surface area contributed by atoms with E-state index in [2.05, 4.69) is 11.9 Å². The molecule has 2 rings (SSSR count). The van der Waals surface area contributed by atoms with E-state index in [1.165, 1.54) is 6.42 Å². The number of rotatable bonds is 1. The minimum Gasteiger partial charge on any atom is -0.388 e. The van der Waals surface area contributed by atoms with Gasteiger partial charge in [-0.25, -0.2) is 0 Å². The fourth-order valence-electron chi connectivity index (χ4n) is 2.51. The molecular weight excluding hydrogens is 164 g/mol. The average Bonchev–Trinajstić information content (AvgIpc) is 2.06. The molecule has 0 unspecified atom stereocenters. The topological polar surface area (TPSA) is 49.5 Å². The normalized spacial score (nSPS) is 32.5. The third kappa shape index (κ3) is 1.39. The van der Waals surface area contributed by atoms with Crippen LogP contribution in [-0.4, -0.2) is 41.3 Å². The maximum Gasteiger partial charge on any atom is 0.0850 e. The maximum atomic E-state index is 10.4. The van der Waals surface area contributed by atoms with E-state index in [-0.39, 0.29) is 5.54 Å². The highest BCUT2D eigenvalue weighted by atomic mass is 16.3. The summed E-state index contributed by atoms with van der Waals surface area (Å²) in [4.78, 5) is 2.26. The first-order chi connectivity index (χ1) is 6.06. The molecule has 0 bridgehead atoms. The van der Waals surface area contributed by atoms with Crippen LogP contribution < -0.4 is 5.73 Å². The molecule has 0 aromatic rings. The second-order valence-electron chi connectivity index (χ2n) is 4.84. The van der Waals surface area contributed by atoms with Gasteiger partial charge in [0.25, 0.3) is 0 Å². The third-order valence-electron chi connectivity index (χ3n) is 3.99. The number of likely N-dealkylation sites (tertiary alicyclic amines) is 1. The van der Waals surface area contributed by atoms with Gasteiger partial charge in [-0.2, -0.15) is 0 Å². The van der Waals surface area contributed by atoms with Crippen molar-refractivity contribution >= 4 is 0 Å². The van der Waals surface area contributed by atoms with E-state index < -0.39 is 5.60 Å². The summed E-state index contributed by atoms with van der Waals surface area (Å²) in [7, 11) is 2.10. The Morgan fingerprint density at radius 3 is 2.08 bits per heavy atom. The second kappa shape index (κ2) is 2.94. The van der Waals surface area contributed by atoms with Crippen molar-refractivity contribution in [3.05, 3.63) is 0 Å². The molecule has 2 aliphatic rings. The van der Waals surface area contributed by atoms with E-state index >= 15 is 0 Å². The Bertz CT molecular complexity index is 193. The van der Waals surface area contributed by atoms with Gasteiger partial charge in [-0.15, -0.1) is 0 Å². The van der Waals surface area contributed by atoms with Crippen LogP contribution >= 0.6 is 0 Å². The van der Waals surface area contributed by atoms with Crippen LogP contribution in [0.15, 0.2) is 0 Å². The molecule has 3 nitrogen and oxygen atoms in total. The average molecular weight is 184 g/mol. The number of nitrogens with zero attached hydrogens (tertiary/aromatic N) is 1. The van der Waals surface area contributed by atoms with Crippen LogP contribution in [0.3, 0.4) is 0 Å². The molecule has 3 N–H and O–H groups in total. The monoisotopic (exact) mass is 184 g/mol. The van der Waals surface area contributed by atoms with Gasteiger partial charge in [-0.05, 0) is 39.2 Å². The summed E-state index contributed by atoms with van der Waals surface area (Å²) in [5, 5.41) is 10.4. The lowest BCUT2D eigenvalue weighted by Gasteiger charge is -2.53. The number of hydrogen-bond acceptors (Lipinski definition) is 3. The molecule has 0 amide bonds. The second-order valence-corrected chi connectivity index (χ2v) is 4.84. The van der Waals surface area contributed by atoms with Gasteiger partial charge in [0.15, 0.2) is 0 Å². The van der Waals surface area contributed by atoms with Crippen molar-refractivity contribution in [3.8, 4) is 0 Å². The molecule has 76 valence electrons. The van der Waals surface area contributed by atoms with Crippen molar-refractivity contribution in [2.45, 2.75) is 43.2 Å². The van der Waals surface area contributed by atoms with Crippen LogP contribution in [-0.2, 0) is 0 Å². The predicted molar refractivity (Wildman–Crippen MR) is 52.5 cm³/mol. The first-order valence-corrected chi connectivity index (χ1v) is 5.26. The van der Waals surface area contributed by atoms with Crippen molar-refractivity contribution in [1.29, 1.82) is 0 Å². The van der Waals surface area contributed by atoms with Crippen molar-refractivity contribution in [1.82, 2.24) is 4.90 Å². The third-order valence-corrected chi connectivity index (χ3v) is 3.99. The zero-order valence-corrected chi connectivity index (χ0v) is 8.42.